The van der Waals surface area contributed by atoms with Crippen LogP contribution in [0.4, 0.5) is 10.8 Å². The predicted octanol–water partition coefficient (Wildman–Crippen LogP) is 6.30. The Morgan fingerprint density at radius 1 is 0.843 bits per heavy atom. The van der Waals surface area contributed by atoms with Crippen LogP contribution in [0.2, 0.25) is 0 Å². The zero-order valence-corrected chi connectivity index (χ0v) is 42.0. The quantitative estimate of drug-likeness (QED) is 0.0556. The van der Waals surface area contributed by atoms with Crippen LogP contribution < -0.4 is 36.1 Å². The van der Waals surface area contributed by atoms with Crippen molar-refractivity contribution in [3.05, 3.63) is 64.5 Å². The highest BCUT2D eigenvalue weighted by Gasteiger charge is 2.32. The zero-order chi connectivity index (χ0) is 50.0. The molecular formula is C52H74N10O8. The molecule has 0 saturated carbocycles. The standard InChI is InChI=1S/C52H74N10O8/c1-33(44-57-51(70-59-44)62-27-19-37(20-28-62)10-8-30-69-39-12-14-41(35(3)32-39)46(64)56-43-21-24-60(6)48(43)66)15-22-52(4,5)49(53)58-50(67)61-25-17-36(18-26-61)9-7-29-68-38-11-13-40(34(2)31-38)45(63)55-42-16-23-54-47(42)65/h11-14,31-33,36-37,42-43H,7-10,15-30H2,1-6H3,(H,54,65)(H,55,63)(H,56,64)(H2,53,58,67). The maximum Gasteiger partial charge on any atom is 0.345 e. The highest BCUT2D eigenvalue weighted by molar-refractivity contribution is 6.00. The van der Waals surface area contributed by atoms with Gasteiger partial charge in [0.25, 0.3) is 11.8 Å². The molecule has 0 radical (unpaired) electrons. The van der Waals surface area contributed by atoms with Crippen LogP contribution in [0.15, 0.2) is 45.9 Å². The molecule has 2 aromatic carbocycles. The Morgan fingerprint density at radius 3 is 1.94 bits per heavy atom. The molecule has 0 bridgehead atoms. The Hall–Kier alpha value is -6.20. The lowest BCUT2D eigenvalue weighted by Gasteiger charge is -2.31. The lowest BCUT2D eigenvalue weighted by molar-refractivity contribution is -0.128. The van der Waals surface area contributed by atoms with Gasteiger partial charge in [-0.25, -0.2) is 4.79 Å². The number of likely N-dealkylation sites (N-methyl/N-ethyl adjacent to an activating group) is 1. The number of carbonyl (C=O) groups is 5. The van der Waals surface area contributed by atoms with Crippen LogP contribution in [0.5, 0.6) is 11.5 Å². The number of amidine groups is 1. The first-order chi connectivity index (χ1) is 33.5. The number of nitrogens with one attached hydrogen (secondary N) is 3. The summed E-state index contributed by atoms with van der Waals surface area (Å²) in [4.78, 5) is 77.6. The van der Waals surface area contributed by atoms with Gasteiger partial charge in [0.2, 0.25) is 11.8 Å². The van der Waals surface area contributed by atoms with Gasteiger partial charge in [-0.3, -0.25) is 19.2 Å². The molecule has 4 aliphatic rings. The number of nitrogens with zero attached hydrogens (tertiary/aromatic N) is 6. The van der Waals surface area contributed by atoms with Crippen LogP contribution in [0, 0.1) is 31.1 Å². The number of piperidine rings is 2. The van der Waals surface area contributed by atoms with Crippen LogP contribution in [0.3, 0.4) is 0 Å². The SMILES string of the molecule is Cc1cc(OCCCC2CCN(C(=O)N=C(N)C(C)(C)CCC(C)c3noc(N4CCC(CCCOc5ccc(C(=O)NC6CCN(C)C6=O)c(C)c5)CC4)n3)CC2)ccc1C(=O)NC1CCNC1=O. The van der Waals surface area contributed by atoms with Crippen LogP contribution in [0.25, 0.3) is 0 Å². The van der Waals surface area contributed by atoms with E-state index in [9.17, 15) is 24.0 Å². The number of hydrogen-bond acceptors (Lipinski definition) is 11. The minimum absolute atomic E-state index is 0.0281. The van der Waals surface area contributed by atoms with Gasteiger partial charge in [-0.2, -0.15) is 9.98 Å². The average Bonchev–Trinajstić information content (AvgIpc) is 4.09. The summed E-state index contributed by atoms with van der Waals surface area (Å²) in [6, 6.07) is 10.2. The first-order valence-corrected chi connectivity index (χ1v) is 25.4. The summed E-state index contributed by atoms with van der Waals surface area (Å²) >= 11 is 0. The Labute approximate surface area is 412 Å². The van der Waals surface area contributed by atoms with Gasteiger partial charge in [0.15, 0.2) is 5.82 Å². The Morgan fingerprint density at radius 2 is 1.41 bits per heavy atom. The Bertz CT molecular complexity index is 2350. The van der Waals surface area contributed by atoms with Crippen molar-refractivity contribution in [1.29, 1.82) is 0 Å². The van der Waals surface area contributed by atoms with Gasteiger partial charge >= 0.3 is 12.0 Å². The van der Waals surface area contributed by atoms with Gasteiger partial charge in [-0.05, 0) is 150 Å². The lowest BCUT2D eigenvalue weighted by Crippen LogP contribution is -2.40. The number of anilines is 1. The van der Waals surface area contributed by atoms with Crippen molar-refractivity contribution in [3.63, 3.8) is 0 Å². The van der Waals surface area contributed by atoms with E-state index >= 15 is 0 Å². The van der Waals surface area contributed by atoms with Crippen molar-refractivity contribution in [2.45, 2.75) is 130 Å². The normalized spacial score (nSPS) is 19.9. The molecule has 3 atom stereocenters. The number of likely N-dealkylation sites (tertiary alicyclic amines) is 2. The molecule has 70 heavy (non-hydrogen) atoms. The van der Waals surface area contributed by atoms with Crippen LogP contribution in [0.1, 0.15) is 141 Å². The number of aliphatic imine (C=N–C) groups is 1. The van der Waals surface area contributed by atoms with E-state index < -0.39 is 17.5 Å². The molecule has 4 aliphatic heterocycles. The topological polar surface area (TPSA) is 227 Å². The van der Waals surface area contributed by atoms with Crippen molar-refractivity contribution < 1.29 is 38.0 Å². The summed E-state index contributed by atoms with van der Waals surface area (Å²) in [7, 11) is 1.75. The molecule has 5 heterocycles. The molecule has 6 amide bonds. The molecule has 1 aromatic heterocycles. The number of ether oxygens (including phenoxy) is 2. The largest absolute Gasteiger partial charge is 0.494 e. The van der Waals surface area contributed by atoms with Crippen LogP contribution in [-0.2, 0) is 9.59 Å². The van der Waals surface area contributed by atoms with Crippen molar-refractivity contribution in [2.75, 3.05) is 64.4 Å². The van der Waals surface area contributed by atoms with Crippen molar-refractivity contribution in [3.8, 4) is 11.5 Å². The van der Waals surface area contributed by atoms with E-state index in [-0.39, 0.29) is 35.6 Å². The number of amides is 6. The van der Waals surface area contributed by atoms with Gasteiger partial charge in [0.05, 0.1) is 13.2 Å². The molecule has 18 nitrogen and oxygen atoms in total. The molecular weight excluding hydrogens is 893 g/mol. The van der Waals surface area contributed by atoms with Crippen LogP contribution in [-0.4, -0.2) is 127 Å². The number of benzene rings is 2. The predicted molar refractivity (Wildman–Crippen MR) is 266 cm³/mol. The second-order valence-corrected chi connectivity index (χ2v) is 20.5. The number of aryl methyl sites for hydroxylation is 2. The third-order valence-corrected chi connectivity index (χ3v) is 14.8. The summed E-state index contributed by atoms with van der Waals surface area (Å²) in [5.74, 6) is 2.84. The summed E-state index contributed by atoms with van der Waals surface area (Å²) < 4.78 is 17.8. The third-order valence-electron chi connectivity index (χ3n) is 14.8. The lowest BCUT2D eigenvalue weighted by atomic mass is 9.83. The molecule has 3 unspecified atom stereocenters. The molecule has 3 aromatic rings. The van der Waals surface area contributed by atoms with E-state index in [2.05, 4.69) is 37.9 Å². The molecule has 4 saturated heterocycles. The maximum absolute atomic E-state index is 13.2. The van der Waals surface area contributed by atoms with Gasteiger partial charge in [-0.1, -0.05) is 25.9 Å². The fourth-order valence-corrected chi connectivity index (χ4v) is 9.79. The highest BCUT2D eigenvalue weighted by Crippen LogP contribution is 2.32. The van der Waals surface area contributed by atoms with Gasteiger partial charge in [-0.15, -0.1) is 0 Å². The van der Waals surface area contributed by atoms with E-state index in [0.717, 1.165) is 87.8 Å². The second kappa shape index (κ2) is 23.6. The maximum atomic E-state index is 13.2. The minimum atomic E-state index is -0.502. The molecule has 4 fully saturated rings. The van der Waals surface area contributed by atoms with Gasteiger partial charge in [0, 0.05) is 68.8 Å². The Balaban J connectivity index is 0.749. The molecule has 380 valence electrons. The highest BCUT2D eigenvalue weighted by atomic mass is 16.5. The molecule has 0 aliphatic carbocycles. The minimum Gasteiger partial charge on any atom is -0.494 e. The van der Waals surface area contributed by atoms with E-state index in [1.807, 2.05) is 45.9 Å². The molecule has 5 N–H and O–H groups in total. The zero-order valence-electron chi connectivity index (χ0n) is 42.0. The van der Waals surface area contributed by atoms with Gasteiger partial charge in [0.1, 0.15) is 29.4 Å². The molecule has 0 spiro atoms. The van der Waals surface area contributed by atoms with Crippen LogP contribution >= 0.6 is 0 Å². The summed E-state index contributed by atoms with van der Waals surface area (Å²) in [5.41, 5.74) is 8.69. The third kappa shape index (κ3) is 13.6. The van der Waals surface area contributed by atoms with E-state index in [4.69, 9.17) is 24.7 Å². The number of hydrogen-bond donors (Lipinski definition) is 4. The van der Waals surface area contributed by atoms with Crippen molar-refractivity contribution >= 4 is 41.5 Å². The number of urea groups is 1. The number of aromatic nitrogens is 2. The smallest absolute Gasteiger partial charge is 0.345 e. The molecule has 18 heteroatoms. The number of carbonyl (C=O) groups excluding carboxylic acids is 5. The number of nitrogens with two attached hydrogens (primary N) is 1. The van der Waals surface area contributed by atoms with Gasteiger partial charge < -0.3 is 50.4 Å². The first kappa shape index (κ1) is 51.6. The summed E-state index contributed by atoms with van der Waals surface area (Å²) in [5, 5.41) is 12.8. The van der Waals surface area contributed by atoms with E-state index in [1.165, 1.54) is 0 Å². The number of rotatable bonds is 20. The fourth-order valence-electron chi connectivity index (χ4n) is 9.79. The molecule has 7 rings (SSSR count). The van der Waals surface area contributed by atoms with Crippen molar-refractivity contribution in [2.24, 2.45) is 28.0 Å². The summed E-state index contributed by atoms with van der Waals surface area (Å²) in [6.07, 6.45) is 10.4. The monoisotopic (exact) mass is 967 g/mol. The Kier molecular flexibility index (Phi) is 17.4. The van der Waals surface area contributed by atoms with Crippen molar-refractivity contribution in [1.82, 2.24) is 35.9 Å². The van der Waals surface area contributed by atoms with E-state index in [1.54, 1.807) is 35.0 Å². The van der Waals surface area contributed by atoms with E-state index in [0.29, 0.717) is 105 Å². The fraction of sp³-hybridized carbons (Fsp3) is 0.615. The second-order valence-electron chi connectivity index (χ2n) is 20.5. The first-order valence-electron chi connectivity index (χ1n) is 25.4. The average molecular weight is 967 g/mol. The summed E-state index contributed by atoms with van der Waals surface area (Å²) in [6.45, 7) is 15.2.